The molecule has 0 atom stereocenters. The van der Waals surface area contributed by atoms with E-state index in [4.69, 9.17) is 38.9 Å². The number of ether oxygens (including phenoxy) is 4. The number of anilines is 4. The van der Waals surface area contributed by atoms with E-state index in [0.717, 1.165) is 0 Å². The van der Waals surface area contributed by atoms with E-state index in [9.17, 15) is 13.6 Å². The zero-order valence-electron chi connectivity index (χ0n) is 26.4. The summed E-state index contributed by atoms with van der Waals surface area (Å²) in [6.07, 6.45) is -0.590. The third-order valence-corrected chi connectivity index (χ3v) is 7.86. The molecule has 0 N–H and O–H groups in total. The molecule has 2 aliphatic heterocycles. The number of carbonyl (C=O) groups excluding carboxylic acids is 1. The van der Waals surface area contributed by atoms with Crippen molar-refractivity contribution in [1.29, 1.82) is 0 Å². The van der Waals surface area contributed by atoms with Crippen molar-refractivity contribution in [1.82, 2.24) is 24.8 Å². The summed E-state index contributed by atoms with van der Waals surface area (Å²) in [6, 6.07) is 0. The van der Waals surface area contributed by atoms with Crippen LogP contribution in [0.15, 0.2) is 0 Å². The standard InChI is InChI=1S/C28H45F2N9O5/c1-35-10-11-39(20-21(35)40)25-23-22(31-27(34-25)38(14-18-43-4)15-19-44-5)24(36-8-6-28(29,30)7-9-36)33-26(32-23)37(12-16-41-2)13-17-42-3/h6-20H2,1-5H3. The van der Waals surface area contributed by atoms with Crippen molar-refractivity contribution < 1.29 is 32.5 Å². The number of hydrogen-bond acceptors (Lipinski definition) is 13. The summed E-state index contributed by atoms with van der Waals surface area (Å²) >= 11 is 0. The van der Waals surface area contributed by atoms with Gasteiger partial charge in [0.15, 0.2) is 11.6 Å². The van der Waals surface area contributed by atoms with E-state index >= 15 is 0 Å². The van der Waals surface area contributed by atoms with Gasteiger partial charge in [-0.05, 0) is 0 Å². The minimum absolute atomic E-state index is 0.0465. The molecule has 2 saturated heterocycles. The average Bonchev–Trinajstić information content (AvgIpc) is 3.01. The Morgan fingerprint density at radius 2 is 1.11 bits per heavy atom. The molecule has 2 aliphatic rings. The molecule has 2 fully saturated rings. The van der Waals surface area contributed by atoms with Crippen molar-refractivity contribution in [2.45, 2.75) is 18.8 Å². The number of piperazine rings is 1. The Bertz CT molecular complexity index is 1220. The fourth-order valence-electron chi connectivity index (χ4n) is 5.10. The number of nitrogens with zero attached hydrogens (tertiary/aromatic N) is 9. The summed E-state index contributed by atoms with van der Waals surface area (Å²) in [6.45, 7) is 4.97. The minimum atomic E-state index is -2.74. The second-order valence-electron chi connectivity index (χ2n) is 10.9. The number of rotatable bonds is 16. The van der Waals surface area contributed by atoms with Crippen molar-refractivity contribution in [2.75, 3.05) is 140 Å². The first kappa shape index (κ1) is 33.7. The number of alkyl halides is 2. The lowest BCUT2D eigenvalue weighted by atomic mass is 10.1. The molecule has 246 valence electrons. The molecule has 1 amide bonds. The Labute approximate surface area is 257 Å². The van der Waals surface area contributed by atoms with E-state index in [1.807, 2.05) is 19.6 Å². The summed E-state index contributed by atoms with van der Waals surface area (Å²) < 4.78 is 50.0. The molecule has 4 rings (SSSR count). The van der Waals surface area contributed by atoms with Crippen molar-refractivity contribution in [3.05, 3.63) is 0 Å². The maximum atomic E-state index is 14.3. The third kappa shape index (κ3) is 8.28. The van der Waals surface area contributed by atoms with Crippen LogP contribution in [0.1, 0.15) is 12.8 Å². The fraction of sp³-hybridized carbons (Fsp3) is 0.750. The molecule has 0 spiro atoms. The molecule has 0 unspecified atom stereocenters. The third-order valence-electron chi connectivity index (χ3n) is 7.86. The molecule has 0 aliphatic carbocycles. The largest absolute Gasteiger partial charge is 0.383 e. The topological polar surface area (TPSA) is 122 Å². The zero-order chi connectivity index (χ0) is 31.7. The molecular weight excluding hydrogens is 580 g/mol. The molecule has 16 heteroatoms. The summed E-state index contributed by atoms with van der Waals surface area (Å²) in [5.74, 6) is -1.08. The highest BCUT2D eigenvalue weighted by atomic mass is 19.3. The van der Waals surface area contributed by atoms with Gasteiger partial charge in [0.05, 0.1) is 33.0 Å². The van der Waals surface area contributed by atoms with Gasteiger partial charge in [-0.25, -0.2) is 18.7 Å². The van der Waals surface area contributed by atoms with Crippen LogP contribution in [0.25, 0.3) is 11.0 Å². The quantitative estimate of drug-likeness (QED) is 0.265. The molecule has 0 radical (unpaired) electrons. The second kappa shape index (κ2) is 15.7. The molecule has 0 aromatic carbocycles. The Kier molecular flexibility index (Phi) is 12.0. The zero-order valence-corrected chi connectivity index (χ0v) is 26.4. The lowest BCUT2D eigenvalue weighted by Gasteiger charge is -2.35. The van der Waals surface area contributed by atoms with Crippen LogP contribution in [-0.4, -0.2) is 157 Å². The predicted molar refractivity (Wildman–Crippen MR) is 163 cm³/mol. The van der Waals surface area contributed by atoms with Gasteiger partial charge in [-0.15, -0.1) is 0 Å². The number of aromatic nitrogens is 4. The Balaban J connectivity index is 1.94. The molecule has 44 heavy (non-hydrogen) atoms. The van der Waals surface area contributed by atoms with Gasteiger partial charge in [0.2, 0.25) is 17.8 Å². The van der Waals surface area contributed by atoms with Crippen LogP contribution in [-0.2, 0) is 23.7 Å². The van der Waals surface area contributed by atoms with Crippen LogP contribution < -0.4 is 19.6 Å². The first-order valence-electron chi connectivity index (χ1n) is 14.9. The smallest absolute Gasteiger partial charge is 0.251 e. The average molecular weight is 626 g/mol. The highest BCUT2D eigenvalue weighted by Crippen LogP contribution is 2.36. The van der Waals surface area contributed by atoms with Crippen molar-refractivity contribution >= 4 is 40.5 Å². The minimum Gasteiger partial charge on any atom is -0.383 e. The number of hydrogen-bond donors (Lipinski definition) is 0. The molecule has 0 bridgehead atoms. The number of methoxy groups -OCH3 is 4. The van der Waals surface area contributed by atoms with E-state index in [2.05, 4.69) is 0 Å². The number of carbonyl (C=O) groups is 1. The van der Waals surface area contributed by atoms with E-state index in [0.29, 0.717) is 100 Å². The monoisotopic (exact) mass is 625 g/mol. The molecule has 0 saturated carbocycles. The van der Waals surface area contributed by atoms with E-state index in [1.54, 1.807) is 40.4 Å². The van der Waals surface area contributed by atoms with E-state index < -0.39 is 5.92 Å². The van der Waals surface area contributed by atoms with Gasteiger partial charge in [-0.2, -0.15) is 9.97 Å². The highest BCUT2D eigenvalue weighted by molar-refractivity contribution is 5.96. The van der Waals surface area contributed by atoms with Crippen LogP contribution in [0.5, 0.6) is 0 Å². The van der Waals surface area contributed by atoms with Crippen LogP contribution in [0.3, 0.4) is 0 Å². The molecule has 4 heterocycles. The maximum absolute atomic E-state index is 14.3. The van der Waals surface area contributed by atoms with Crippen molar-refractivity contribution in [2.24, 2.45) is 0 Å². The number of fused-ring (bicyclic) bond motifs is 1. The van der Waals surface area contributed by atoms with Crippen LogP contribution >= 0.6 is 0 Å². The lowest BCUT2D eigenvalue weighted by molar-refractivity contribution is -0.129. The van der Waals surface area contributed by atoms with Crippen LogP contribution in [0, 0.1) is 0 Å². The summed E-state index contributed by atoms with van der Waals surface area (Å²) in [5.41, 5.74) is 0.880. The lowest BCUT2D eigenvalue weighted by Crippen LogP contribution is -2.49. The van der Waals surface area contributed by atoms with Gasteiger partial charge in [-0.1, -0.05) is 0 Å². The predicted octanol–water partition coefficient (Wildman–Crippen LogP) is 1.13. The fourth-order valence-corrected chi connectivity index (χ4v) is 5.10. The van der Waals surface area contributed by atoms with Crippen LogP contribution in [0.2, 0.25) is 0 Å². The molecular formula is C28H45F2N9O5. The van der Waals surface area contributed by atoms with Crippen LogP contribution in [0.4, 0.5) is 32.3 Å². The van der Waals surface area contributed by atoms with Crippen molar-refractivity contribution in [3.8, 4) is 0 Å². The van der Waals surface area contributed by atoms with Gasteiger partial charge in [0, 0.05) is 101 Å². The van der Waals surface area contributed by atoms with Crippen molar-refractivity contribution in [3.63, 3.8) is 0 Å². The Morgan fingerprint density at radius 1 is 0.682 bits per heavy atom. The Hall–Kier alpha value is -3.21. The van der Waals surface area contributed by atoms with Gasteiger partial charge in [0.1, 0.15) is 11.0 Å². The van der Waals surface area contributed by atoms with E-state index in [-0.39, 0.29) is 38.4 Å². The number of amides is 1. The summed E-state index contributed by atoms with van der Waals surface area (Å²) in [4.78, 5) is 42.0. The van der Waals surface area contributed by atoms with E-state index in [1.165, 1.54) is 0 Å². The van der Waals surface area contributed by atoms with Gasteiger partial charge >= 0.3 is 0 Å². The molecule has 14 nitrogen and oxygen atoms in total. The molecule has 2 aromatic rings. The number of likely N-dealkylation sites (N-methyl/N-ethyl adjacent to an activating group) is 1. The van der Waals surface area contributed by atoms with Gasteiger partial charge in [0.25, 0.3) is 5.92 Å². The SMILES string of the molecule is COCCN(CCOC)c1nc(N2CCN(C)C(=O)C2)c2nc(N(CCOC)CCOC)nc(N3CCC(F)(F)CC3)c2n1. The first-order valence-corrected chi connectivity index (χ1v) is 14.9. The van der Waals surface area contributed by atoms with Gasteiger partial charge in [-0.3, -0.25) is 4.79 Å². The Morgan fingerprint density at radius 3 is 1.52 bits per heavy atom. The summed E-state index contributed by atoms with van der Waals surface area (Å²) in [5, 5.41) is 0. The number of piperidine rings is 1. The normalized spacial score (nSPS) is 17.1. The maximum Gasteiger partial charge on any atom is 0.251 e. The second-order valence-corrected chi connectivity index (χ2v) is 10.9. The van der Waals surface area contributed by atoms with Gasteiger partial charge < -0.3 is 43.4 Å². The molecule has 2 aromatic heterocycles. The number of halogens is 2. The highest BCUT2D eigenvalue weighted by Gasteiger charge is 2.36. The first-order chi connectivity index (χ1) is 21.2. The summed E-state index contributed by atoms with van der Waals surface area (Å²) in [7, 11) is 8.25.